The number of nitrogens with zero attached hydrogens (tertiary/aromatic N) is 3. The van der Waals surface area contributed by atoms with Gasteiger partial charge in [0.25, 0.3) is 0 Å². The largest absolute Gasteiger partial charge is 0.367 e. The number of benzene rings is 1. The van der Waals surface area contributed by atoms with Gasteiger partial charge in [0, 0.05) is 17.8 Å². The molecule has 0 unspecified atom stereocenters. The molecule has 4 rings (SSSR count). The molecule has 0 aliphatic rings. The van der Waals surface area contributed by atoms with E-state index in [1.165, 1.54) is 11.1 Å². The highest BCUT2D eigenvalue weighted by Crippen LogP contribution is 2.29. The molecule has 0 aliphatic carbocycles. The van der Waals surface area contributed by atoms with E-state index in [1.807, 2.05) is 13.8 Å². The Labute approximate surface area is 171 Å². The van der Waals surface area contributed by atoms with Crippen molar-refractivity contribution in [1.29, 1.82) is 0 Å². The third kappa shape index (κ3) is 3.90. The van der Waals surface area contributed by atoms with Crippen molar-refractivity contribution in [3.8, 4) is 11.1 Å². The zero-order valence-corrected chi connectivity index (χ0v) is 17.8. The average Bonchev–Trinajstić information content (AvgIpc) is 3.20. The zero-order valence-electron chi connectivity index (χ0n) is 17.8. The van der Waals surface area contributed by atoms with E-state index in [0.717, 1.165) is 52.6 Å². The summed E-state index contributed by atoms with van der Waals surface area (Å²) in [7, 11) is 0. The van der Waals surface area contributed by atoms with Crippen molar-refractivity contribution in [2.45, 2.75) is 53.5 Å². The molecule has 5 heteroatoms. The Balaban J connectivity index is 1.71. The summed E-state index contributed by atoms with van der Waals surface area (Å²) in [6, 6.07) is 13.3. The molecule has 0 bridgehead atoms. The SMILES string of the molecule is Cc1ccc(CCc2nc3cc(-c4c(C)noc4C)ccn3c2NC(C)C)cc1. The molecule has 3 heterocycles. The second kappa shape index (κ2) is 7.74. The van der Waals surface area contributed by atoms with Crippen molar-refractivity contribution in [3.63, 3.8) is 0 Å². The molecule has 150 valence electrons. The van der Waals surface area contributed by atoms with Crippen LogP contribution in [0.3, 0.4) is 0 Å². The van der Waals surface area contributed by atoms with E-state index in [4.69, 9.17) is 9.51 Å². The van der Waals surface area contributed by atoms with Gasteiger partial charge in [0.15, 0.2) is 0 Å². The minimum atomic E-state index is 0.329. The van der Waals surface area contributed by atoms with Crippen LogP contribution < -0.4 is 5.32 Å². The first kappa shape index (κ1) is 19.2. The van der Waals surface area contributed by atoms with Gasteiger partial charge in [-0.3, -0.25) is 4.40 Å². The van der Waals surface area contributed by atoms with Gasteiger partial charge in [-0.25, -0.2) is 4.98 Å². The van der Waals surface area contributed by atoms with Crippen molar-refractivity contribution >= 4 is 11.5 Å². The molecule has 5 nitrogen and oxygen atoms in total. The Hall–Kier alpha value is -3.08. The van der Waals surface area contributed by atoms with Gasteiger partial charge in [0.05, 0.1) is 11.4 Å². The maximum absolute atomic E-state index is 5.35. The minimum Gasteiger partial charge on any atom is -0.367 e. The van der Waals surface area contributed by atoms with Crippen LogP contribution in [-0.2, 0) is 12.8 Å². The lowest BCUT2D eigenvalue weighted by Gasteiger charge is -2.12. The Morgan fingerprint density at radius 2 is 1.79 bits per heavy atom. The van der Waals surface area contributed by atoms with Crippen LogP contribution in [-0.4, -0.2) is 20.6 Å². The predicted molar refractivity (Wildman–Crippen MR) is 118 cm³/mol. The van der Waals surface area contributed by atoms with Crippen LogP contribution in [0, 0.1) is 20.8 Å². The quantitative estimate of drug-likeness (QED) is 0.472. The van der Waals surface area contributed by atoms with E-state index in [1.54, 1.807) is 0 Å². The molecule has 3 aromatic heterocycles. The molecular weight excluding hydrogens is 360 g/mol. The van der Waals surface area contributed by atoms with Gasteiger partial charge < -0.3 is 9.84 Å². The number of imidazole rings is 1. The number of rotatable bonds is 6. The van der Waals surface area contributed by atoms with Crippen LogP contribution in [0.1, 0.15) is 42.1 Å². The molecule has 0 fully saturated rings. The standard InChI is InChI=1S/C24H28N4O/c1-15(2)25-24-21(11-10-19-8-6-16(3)7-9-19)26-22-14-20(12-13-28(22)24)23-17(4)27-29-18(23)5/h6-9,12-15,25H,10-11H2,1-5H3. The second-order valence-electron chi connectivity index (χ2n) is 8.03. The van der Waals surface area contributed by atoms with Crippen LogP contribution in [0.4, 0.5) is 5.82 Å². The minimum absolute atomic E-state index is 0.329. The molecule has 0 saturated heterocycles. The monoisotopic (exact) mass is 388 g/mol. The van der Waals surface area contributed by atoms with Gasteiger partial charge in [0.2, 0.25) is 0 Å². The maximum Gasteiger partial charge on any atom is 0.141 e. The van der Waals surface area contributed by atoms with Crippen molar-refractivity contribution in [1.82, 2.24) is 14.5 Å². The Kier molecular flexibility index (Phi) is 5.14. The maximum atomic E-state index is 5.35. The first-order chi connectivity index (χ1) is 13.9. The van der Waals surface area contributed by atoms with Gasteiger partial charge in [-0.05, 0) is 70.7 Å². The highest BCUT2D eigenvalue weighted by Gasteiger charge is 2.16. The molecule has 0 aliphatic heterocycles. The smallest absolute Gasteiger partial charge is 0.141 e. The molecule has 0 saturated carbocycles. The zero-order chi connectivity index (χ0) is 20.5. The van der Waals surface area contributed by atoms with Crippen molar-refractivity contribution in [2.75, 3.05) is 5.32 Å². The van der Waals surface area contributed by atoms with E-state index in [0.29, 0.717) is 6.04 Å². The van der Waals surface area contributed by atoms with E-state index in [2.05, 4.69) is 78.2 Å². The van der Waals surface area contributed by atoms with E-state index >= 15 is 0 Å². The number of hydrogen-bond donors (Lipinski definition) is 1. The number of nitrogens with one attached hydrogen (secondary N) is 1. The van der Waals surface area contributed by atoms with Crippen molar-refractivity contribution < 1.29 is 4.52 Å². The highest BCUT2D eigenvalue weighted by atomic mass is 16.5. The normalized spacial score (nSPS) is 11.5. The number of hydrogen-bond acceptors (Lipinski definition) is 4. The van der Waals surface area contributed by atoms with Crippen LogP contribution in [0.2, 0.25) is 0 Å². The third-order valence-electron chi connectivity index (χ3n) is 5.22. The summed E-state index contributed by atoms with van der Waals surface area (Å²) in [6.07, 6.45) is 3.94. The van der Waals surface area contributed by atoms with Gasteiger partial charge >= 0.3 is 0 Å². The summed E-state index contributed by atoms with van der Waals surface area (Å²) in [5, 5.41) is 7.68. The molecule has 0 spiro atoms. The molecule has 0 atom stereocenters. The summed E-state index contributed by atoms with van der Waals surface area (Å²) >= 11 is 0. The first-order valence-corrected chi connectivity index (χ1v) is 10.2. The van der Waals surface area contributed by atoms with Gasteiger partial charge in [-0.2, -0.15) is 0 Å². The lowest BCUT2D eigenvalue weighted by Crippen LogP contribution is -2.13. The number of pyridine rings is 1. The number of aromatic nitrogens is 3. The molecule has 1 aromatic carbocycles. The fourth-order valence-corrected chi connectivity index (χ4v) is 3.76. The Morgan fingerprint density at radius 1 is 1.03 bits per heavy atom. The summed E-state index contributed by atoms with van der Waals surface area (Å²) in [5.74, 6) is 1.91. The molecule has 0 radical (unpaired) electrons. The van der Waals surface area contributed by atoms with Crippen LogP contribution in [0.25, 0.3) is 16.8 Å². The van der Waals surface area contributed by atoms with E-state index < -0.39 is 0 Å². The molecule has 4 aromatic rings. The molecule has 0 amide bonds. The number of anilines is 1. The Bertz CT molecular complexity index is 1120. The Morgan fingerprint density at radius 3 is 2.45 bits per heavy atom. The lowest BCUT2D eigenvalue weighted by molar-refractivity contribution is 0.393. The summed E-state index contributed by atoms with van der Waals surface area (Å²) in [5.41, 5.74) is 7.68. The van der Waals surface area contributed by atoms with Crippen LogP contribution in [0.15, 0.2) is 47.1 Å². The fourth-order valence-electron chi connectivity index (χ4n) is 3.76. The van der Waals surface area contributed by atoms with Crippen LogP contribution >= 0.6 is 0 Å². The van der Waals surface area contributed by atoms with Crippen molar-refractivity contribution in [3.05, 3.63) is 70.9 Å². The summed E-state index contributed by atoms with van der Waals surface area (Å²) in [6.45, 7) is 10.3. The van der Waals surface area contributed by atoms with Gasteiger partial charge in [-0.1, -0.05) is 35.0 Å². The number of fused-ring (bicyclic) bond motifs is 1. The number of aryl methyl sites for hydroxylation is 5. The van der Waals surface area contributed by atoms with Crippen molar-refractivity contribution in [2.24, 2.45) is 0 Å². The van der Waals surface area contributed by atoms with Gasteiger partial charge in [0.1, 0.15) is 17.2 Å². The molecular formula is C24H28N4O. The average molecular weight is 389 g/mol. The molecule has 1 N–H and O–H groups in total. The summed E-state index contributed by atoms with van der Waals surface area (Å²) in [4.78, 5) is 4.98. The summed E-state index contributed by atoms with van der Waals surface area (Å²) < 4.78 is 7.49. The first-order valence-electron chi connectivity index (χ1n) is 10.2. The third-order valence-corrected chi connectivity index (χ3v) is 5.22. The molecule has 29 heavy (non-hydrogen) atoms. The van der Waals surface area contributed by atoms with E-state index in [9.17, 15) is 0 Å². The topological polar surface area (TPSA) is 55.4 Å². The van der Waals surface area contributed by atoms with Crippen LogP contribution in [0.5, 0.6) is 0 Å². The van der Waals surface area contributed by atoms with Gasteiger partial charge in [-0.15, -0.1) is 0 Å². The lowest BCUT2D eigenvalue weighted by atomic mass is 10.1. The highest BCUT2D eigenvalue weighted by molar-refractivity contribution is 5.72. The second-order valence-corrected chi connectivity index (χ2v) is 8.03. The van der Waals surface area contributed by atoms with E-state index in [-0.39, 0.29) is 0 Å². The fraction of sp³-hybridized carbons (Fsp3) is 0.333. The predicted octanol–water partition coefficient (Wildman–Crippen LogP) is 5.52.